The largest absolute Gasteiger partial charge is 0.383 e. The summed E-state index contributed by atoms with van der Waals surface area (Å²) in [5, 5.41) is 21.8. The minimum absolute atomic E-state index is 0.0917. The summed E-state index contributed by atoms with van der Waals surface area (Å²) in [5.41, 5.74) is 0.815. The van der Waals surface area contributed by atoms with Crippen LogP contribution in [-0.2, 0) is 12.6 Å². The Bertz CT molecular complexity index is 698. The number of carbonyl (C=O) groups excluding carboxylic acids is 1. The zero-order valence-electron chi connectivity index (χ0n) is 15.1. The van der Waals surface area contributed by atoms with Gasteiger partial charge in [0.05, 0.1) is 18.8 Å². The lowest BCUT2D eigenvalue weighted by Crippen LogP contribution is -2.38. The predicted molar refractivity (Wildman–Crippen MR) is 91.7 cm³/mol. The lowest BCUT2D eigenvalue weighted by atomic mass is 10.00. The first-order chi connectivity index (χ1) is 11.3. The van der Waals surface area contributed by atoms with E-state index >= 15 is 0 Å². The Balaban J connectivity index is 2.06. The minimum atomic E-state index is -1.18. The van der Waals surface area contributed by atoms with Crippen LogP contribution in [0.25, 0.3) is 0 Å². The van der Waals surface area contributed by atoms with E-state index in [1.54, 1.807) is 37.1 Å². The van der Waals surface area contributed by atoms with Crippen LogP contribution in [0.1, 0.15) is 61.4 Å². The molecule has 0 aliphatic heterocycles. The van der Waals surface area contributed by atoms with Crippen LogP contribution in [0, 0.1) is 6.92 Å². The molecule has 0 fully saturated rings. The van der Waals surface area contributed by atoms with E-state index in [2.05, 4.69) is 29.4 Å². The highest BCUT2D eigenvalue weighted by atomic mass is 16.3. The highest BCUT2D eigenvalue weighted by molar-refractivity contribution is 5.92. The Morgan fingerprint density at radius 2 is 2.08 bits per heavy atom. The van der Waals surface area contributed by atoms with Crippen molar-refractivity contribution in [2.24, 2.45) is 7.05 Å². The zero-order chi connectivity index (χ0) is 17.9. The van der Waals surface area contributed by atoms with Gasteiger partial charge in [-0.2, -0.15) is 10.2 Å². The maximum absolute atomic E-state index is 12.4. The highest BCUT2D eigenvalue weighted by Crippen LogP contribution is 2.20. The molecule has 0 bridgehead atoms. The van der Waals surface area contributed by atoms with Crippen molar-refractivity contribution in [3.8, 4) is 0 Å². The number of hydrogen-bond acceptors (Lipinski definition) is 4. The van der Waals surface area contributed by atoms with Crippen molar-refractivity contribution in [3.63, 3.8) is 0 Å². The third-order valence-corrected chi connectivity index (χ3v) is 4.36. The van der Waals surface area contributed by atoms with Crippen LogP contribution in [0.3, 0.4) is 0 Å². The number of aliphatic hydroxyl groups is 1. The van der Waals surface area contributed by atoms with Crippen molar-refractivity contribution in [1.82, 2.24) is 24.9 Å². The molecule has 2 N–H and O–H groups in total. The molecule has 0 aromatic carbocycles. The Labute approximate surface area is 142 Å². The molecule has 1 unspecified atom stereocenters. The summed E-state index contributed by atoms with van der Waals surface area (Å²) in [6, 6.07) is 2.08. The first kappa shape index (κ1) is 18.2. The zero-order valence-corrected chi connectivity index (χ0v) is 15.1. The second kappa shape index (κ2) is 7.17. The van der Waals surface area contributed by atoms with E-state index in [4.69, 9.17) is 0 Å². The van der Waals surface area contributed by atoms with Gasteiger partial charge in [0.2, 0.25) is 0 Å². The van der Waals surface area contributed by atoms with Crippen LogP contribution in [0.2, 0.25) is 0 Å². The van der Waals surface area contributed by atoms with E-state index in [0.29, 0.717) is 17.3 Å². The van der Waals surface area contributed by atoms with Gasteiger partial charge < -0.3 is 10.4 Å². The normalized spacial score (nSPS) is 14.0. The van der Waals surface area contributed by atoms with E-state index in [0.717, 1.165) is 18.5 Å². The molecule has 0 spiro atoms. The second-order valence-corrected chi connectivity index (χ2v) is 6.45. The number of hydrogen-bond donors (Lipinski definition) is 2. The van der Waals surface area contributed by atoms with Crippen molar-refractivity contribution < 1.29 is 9.90 Å². The van der Waals surface area contributed by atoms with Gasteiger partial charge >= 0.3 is 0 Å². The van der Waals surface area contributed by atoms with Gasteiger partial charge in [0.15, 0.2) is 0 Å². The summed E-state index contributed by atoms with van der Waals surface area (Å²) in [7, 11) is 1.78. The lowest BCUT2D eigenvalue weighted by molar-refractivity contribution is 0.0524. The summed E-state index contributed by atoms with van der Waals surface area (Å²) in [6.07, 6.45) is 5.27. The minimum Gasteiger partial charge on any atom is -0.383 e. The number of amides is 1. The molecular weight excluding hydrogens is 306 g/mol. The van der Waals surface area contributed by atoms with Gasteiger partial charge in [0.25, 0.3) is 5.91 Å². The maximum atomic E-state index is 12.4. The maximum Gasteiger partial charge on any atom is 0.271 e. The van der Waals surface area contributed by atoms with Crippen molar-refractivity contribution in [1.29, 1.82) is 0 Å². The van der Waals surface area contributed by atoms with Crippen LogP contribution >= 0.6 is 0 Å². The summed E-state index contributed by atoms with van der Waals surface area (Å²) in [5.74, 6) is -0.285. The molecule has 7 heteroatoms. The van der Waals surface area contributed by atoms with Gasteiger partial charge in [0.1, 0.15) is 11.3 Å². The SMILES string of the molecule is CCC(CC)n1nc(C(=O)NCC(C)(O)c2cnn(C)c2)cc1C. The Hall–Kier alpha value is -2.15. The van der Waals surface area contributed by atoms with Crippen LogP contribution in [-0.4, -0.2) is 37.1 Å². The Morgan fingerprint density at radius 1 is 1.42 bits per heavy atom. The van der Waals surface area contributed by atoms with Crippen molar-refractivity contribution in [2.75, 3.05) is 6.54 Å². The van der Waals surface area contributed by atoms with Gasteiger partial charge in [-0.05, 0) is 32.8 Å². The summed E-state index contributed by atoms with van der Waals surface area (Å²) >= 11 is 0. The number of aromatic nitrogens is 4. The van der Waals surface area contributed by atoms with Crippen LogP contribution in [0.15, 0.2) is 18.5 Å². The fourth-order valence-corrected chi connectivity index (χ4v) is 2.75. The fraction of sp³-hybridized carbons (Fsp3) is 0.588. The quantitative estimate of drug-likeness (QED) is 0.811. The summed E-state index contributed by atoms with van der Waals surface area (Å²) in [4.78, 5) is 12.4. The van der Waals surface area contributed by atoms with E-state index in [1.165, 1.54) is 0 Å². The standard InChI is InChI=1S/C17H27N5O2/c1-6-14(7-2)22-12(3)8-15(20-22)16(23)18-11-17(4,24)13-9-19-21(5)10-13/h8-10,14,24H,6-7,11H2,1-5H3,(H,18,23). The number of carbonyl (C=O) groups is 1. The first-order valence-corrected chi connectivity index (χ1v) is 8.34. The monoisotopic (exact) mass is 333 g/mol. The number of aryl methyl sites for hydroxylation is 2. The molecule has 2 aromatic rings. The topological polar surface area (TPSA) is 85.0 Å². The van der Waals surface area contributed by atoms with Gasteiger partial charge in [-0.25, -0.2) is 0 Å². The van der Waals surface area contributed by atoms with Crippen LogP contribution in [0.5, 0.6) is 0 Å². The average Bonchev–Trinajstić information content (AvgIpc) is 3.14. The Kier molecular flexibility index (Phi) is 5.43. The molecule has 0 saturated heterocycles. The van der Waals surface area contributed by atoms with E-state index in [9.17, 15) is 9.90 Å². The third kappa shape index (κ3) is 3.84. The fourth-order valence-electron chi connectivity index (χ4n) is 2.75. The lowest BCUT2D eigenvalue weighted by Gasteiger charge is -2.22. The molecule has 0 aliphatic carbocycles. The van der Waals surface area contributed by atoms with Crippen molar-refractivity contribution >= 4 is 5.91 Å². The number of nitrogens with one attached hydrogen (secondary N) is 1. The molecule has 7 nitrogen and oxygen atoms in total. The average molecular weight is 333 g/mol. The highest BCUT2D eigenvalue weighted by Gasteiger charge is 2.26. The van der Waals surface area contributed by atoms with Gasteiger partial charge in [0, 0.05) is 24.5 Å². The van der Waals surface area contributed by atoms with E-state index < -0.39 is 5.60 Å². The van der Waals surface area contributed by atoms with Gasteiger partial charge in [-0.3, -0.25) is 14.2 Å². The summed E-state index contributed by atoms with van der Waals surface area (Å²) in [6.45, 7) is 7.92. The van der Waals surface area contributed by atoms with Gasteiger partial charge in [-0.15, -0.1) is 0 Å². The molecule has 24 heavy (non-hydrogen) atoms. The first-order valence-electron chi connectivity index (χ1n) is 8.34. The second-order valence-electron chi connectivity index (χ2n) is 6.45. The van der Waals surface area contributed by atoms with Crippen LogP contribution in [0.4, 0.5) is 0 Å². The van der Waals surface area contributed by atoms with E-state index in [-0.39, 0.29) is 12.5 Å². The molecule has 132 valence electrons. The van der Waals surface area contributed by atoms with Crippen LogP contribution < -0.4 is 5.32 Å². The smallest absolute Gasteiger partial charge is 0.271 e. The van der Waals surface area contributed by atoms with Crippen molar-refractivity contribution in [3.05, 3.63) is 35.4 Å². The molecular formula is C17H27N5O2. The number of rotatable bonds is 7. The molecule has 2 rings (SSSR count). The molecule has 0 radical (unpaired) electrons. The predicted octanol–water partition coefficient (Wildman–Crippen LogP) is 1.92. The van der Waals surface area contributed by atoms with E-state index in [1.807, 2.05) is 11.6 Å². The molecule has 2 aromatic heterocycles. The molecule has 2 heterocycles. The molecule has 0 aliphatic rings. The third-order valence-electron chi connectivity index (χ3n) is 4.36. The number of nitrogens with zero attached hydrogens (tertiary/aromatic N) is 4. The molecule has 1 atom stereocenters. The molecule has 0 saturated carbocycles. The van der Waals surface area contributed by atoms with Crippen molar-refractivity contribution in [2.45, 2.75) is 52.2 Å². The van der Waals surface area contributed by atoms with Gasteiger partial charge in [-0.1, -0.05) is 13.8 Å². The molecule has 1 amide bonds. The summed E-state index contributed by atoms with van der Waals surface area (Å²) < 4.78 is 3.53. The Morgan fingerprint density at radius 3 is 2.62 bits per heavy atom.